The van der Waals surface area contributed by atoms with E-state index in [0.29, 0.717) is 0 Å². The van der Waals surface area contributed by atoms with Crippen LogP contribution in [0.4, 0.5) is 5.69 Å². The van der Waals surface area contributed by atoms with Crippen molar-refractivity contribution in [2.24, 2.45) is 10.1 Å². The molecule has 0 aliphatic carbocycles. The molecule has 0 spiro atoms. The highest BCUT2D eigenvalue weighted by Crippen LogP contribution is 2.32. The van der Waals surface area contributed by atoms with Crippen molar-refractivity contribution in [3.8, 4) is 0 Å². The van der Waals surface area contributed by atoms with Gasteiger partial charge in [-0.15, -0.1) is 18.9 Å². The molecule has 1 N–H and O–H groups in total. The highest BCUT2D eigenvalue weighted by molar-refractivity contribution is 7.86. The Morgan fingerprint density at radius 2 is 1.67 bits per heavy atom. The average Bonchev–Trinajstić information content (AvgIpc) is 3.21. The predicted octanol–water partition coefficient (Wildman–Crippen LogP) is 2.88. The van der Waals surface area contributed by atoms with Crippen LogP contribution in [0.1, 0.15) is 19.4 Å². The zero-order valence-corrected chi connectivity index (χ0v) is 14.4. The Morgan fingerprint density at radius 1 is 1.00 bits per heavy atom. The van der Waals surface area contributed by atoms with Gasteiger partial charge in [-0.2, -0.15) is 16.9 Å². The zero-order chi connectivity index (χ0) is 16.5. The molecule has 0 fully saturated rings. The van der Waals surface area contributed by atoms with E-state index in [-0.39, 0.29) is 0 Å². The first-order valence-electron chi connectivity index (χ1n) is 7.76. The van der Waals surface area contributed by atoms with Crippen LogP contribution >= 0.6 is 0 Å². The van der Waals surface area contributed by atoms with Crippen molar-refractivity contribution in [2.45, 2.75) is 13.8 Å². The van der Waals surface area contributed by atoms with Crippen LogP contribution in [0.3, 0.4) is 0 Å². The van der Waals surface area contributed by atoms with Gasteiger partial charge in [0, 0.05) is 5.56 Å². The smallest absolute Gasteiger partial charge is 0.170 e. The molecule has 0 unspecified atom stereocenters. The number of hydrogen-bond donors (Lipinski definition) is 1. The van der Waals surface area contributed by atoms with Gasteiger partial charge >= 0.3 is 0 Å². The lowest BCUT2D eigenvalue weighted by molar-refractivity contribution is 0.283. The maximum atomic E-state index is 4.77. The number of nitrogens with zero attached hydrogens (tertiary/aromatic N) is 4. The van der Waals surface area contributed by atoms with Crippen LogP contribution in [0.2, 0.25) is 0 Å². The number of hydrazine groups is 2. The van der Waals surface area contributed by atoms with Crippen LogP contribution in [0.25, 0.3) is 0 Å². The van der Waals surface area contributed by atoms with Gasteiger partial charge in [0.15, 0.2) is 11.3 Å². The topological polar surface area (TPSA) is 43.2 Å². The van der Waals surface area contributed by atoms with E-state index in [1.165, 1.54) is 5.25 Å². The van der Waals surface area contributed by atoms with Gasteiger partial charge in [-0.1, -0.05) is 53.6 Å². The molecule has 24 heavy (non-hydrogen) atoms. The van der Waals surface area contributed by atoms with Gasteiger partial charge in [-0.3, -0.25) is 5.43 Å². The van der Waals surface area contributed by atoms with Crippen molar-refractivity contribution >= 4 is 29.0 Å². The van der Waals surface area contributed by atoms with E-state index < -0.39 is 0 Å². The lowest BCUT2D eigenvalue weighted by Crippen LogP contribution is -2.46. The number of aliphatic imine (C=N–C) groups is 1. The molecular formula is C18H18N5S-. The number of amidine groups is 1. The Bertz CT molecular complexity index is 775. The number of thiol groups is 1. The minimum absolute atomic E-state index is 0.805. The molecule has 4 rings (SSSR count). The first kappa shape index (κ1) is 15.0. The first-order chi connectivity index (χ1) is 11.7. The van der Waals surface area contributed by atoms with Gasteiger partial charge in [0.2, 0.25) is 0 Å². The molecule has 0 radical (unpaired) electrons. The monoisotopic (exact) mass is 336 g/mol. The van der Waals surface area contributed by atoms with Crippen LogP contribution in [-0.2, 0) is 11.8 Å². The van der Waals surface area contributed by atoms with Crippen LogP contribution in [-0.4, -0.2) is 16.7 Å². The summed E-state index contributed by atoms with van der Waals surface area (Å²) in [5.41, 5.74) is 7.39. The lowest BCUT2D eigenvalue weighted by atomic mass is 10.2. The molecule has 2 aromatic carbocycles. The van der Waals surface area contributed by atoms with E-state index in [9.17, 15) is 0 Å². The normalized spacial score (nSPS) is 17.8. The lowest BCUT2D eigenvalue weighted by Gasteiger charge is -2.32. The second kappa shape index (κ2) is 6.14. The SMILES string of the molecule is CC1=N[C-](N2NC(c3ccccc3)=NN2c2ccccc2)[SH+][C-]1C. The van der Waals surface area contributed by atoms with E-state index >= 15 is 0 Å². The standard InChI is InChI=1S/C18H18N5S/c1-13-14(2)24-18(19-13)23-21-17(15-9-5-3-6-10-15)20-22(23)16-11-7-4-8-12-16/h3-12,24H,1-2H3,(H,20,21)/q-1. The van der Waals surface area contributed by atoms with Crippen molar-refractivity contribution in [3.63, 3.8) is 0 Å². The summed E-state index contributed by atoms with van der Waals surface area (Å²) in [5, 5.41) is 9.80. The van der Waals surface area contributed by atoms with Gasteiger partial charge in [0.25, 0.3) is 0 Å². The van der Waals surface area contributed by atoms with E-state index in [2.05, 4.69) is 17.3 Å². The molecule has 0 saturated carbocycles. The van der Waals surface area contributed by atoms with E-state index in [4.69, 9.17) is 5.10 Å². The molecule has 2 heterocycles. The highest BCUT2D eigenvalue weighted by Gasteiger charge is 2.31. The summed E-state index contributed by atoms with van der Waals surface area (Å²) in [5.74, 6) is 0.805. The number of hydrazone groups is 1. The van der Waals surface area contributed by atoms with E-state index in [1.54, 1.807) is 0 Å². The summed E-state index contributed by atoms with van der Waals surface area (Å²) >= 11 is 1.09. The van der Waals surface area contributed by atoms with Crippen molar-refractivity contribution < 1.29 is 0 Å². The molecular weight excluding hydrogens is 318 g/mol. The second-order valence-corrected chi connectivity index (χ2v) is 6.85. The summed E-state index contributed by atoms with van der Waals surface area (Å²) in [7, 11) is 0. The Labute approximate surface area is 146 Å². The fraction of sp³-hybridized carbons (Fsp3) is 0.111. The van der Waals surface area contributed by atoms with Crippen molar-refractivity contribution in [1.29, 1.82) is 0 Å². The number of hydrogen-bond acceptors (Lipinski definition) is 5. The number of rotatable bonds is 3. The highest BCUT2D eigenvalue weighted by atomic mass is 32.2. The molecule has 2 aliphatic heterocycles. The fourth-order valence-corrected chi connectivity index (χ4v) is 3.42. The molecule has 2 aromatic rings. The molecule has 2 aliphatic rings. The van der Waals surface area contributed by atoms with Crippen molar-refractivity contribution in [1.82, 2.24) is 10.5 Å². The number of anilines is 1. The van der Waals surface area contributed by atoms with Gasteiger partial charge in [0.1, 0.15) is 0 Å². The summed E-state index contributed by atoms with van der Waals surface area (Å²) in [6.07, 6.45) is 0. The Morgan fingerprint density at radius 3 is 2.29 bits per heavy atom. The molecule has 0 atom stereocenters. The Kier molecular flexibility index (Phi) is 3.84. The number of para-hydroxylation sites is 1. The van der Waals surface area contributed by atoms with Crippen LogP contribution in [0.5, 0.6) is 0 Å². The van der Waals surface area contributed by atoms with Crippen molar-refractivity contribution in [2.75, 3.05) is 5.12 Å². The van der Waals surface area contributed by atoms with Crippen LogP contribution in [0, 0.1) is 10.7 Å². The predicted molar refractivity (Wildman–Crippen MR) is 101 cm³/mol. The van der Waals surface area contributed by atoms with E-state index in [1.807, 2.05) is 77.8 Å². The minimum atomic E-state index is 0.805. The van der Waals surface area contributed by atoms with Crippen LogP contribution in [0.15, 0.2) is 70.8 Å². The van der Waals surface area contributed by atoms with Gasteiger partial charge in [-0.05, 0) is 12.1 Å². The van der Waals surface area contributed by atoms with Gasteiger partial charge in [-0.25, -0.2) is 11.0 Å². The largest absolute Gasteiger partial charge is 0.417 e. The molecule has 0 aromatic heterocycles. The Hall–Kier alpha value is -2.57. The molecule has 122 valence electrons. The third-order valence-corrected chi connectivity index (χ3v) is 5.03. The molecule has 0 saturated heterocycles. The van der Waals surface area contributed by atoms with Gasteiger partial charge in [0.05, 0.1) is 5.69 Å². The van der Waals surface area contributed by atoms with Crippen molar-refractivity contribution in [3.05, 3.63) is 77.0 Å². The minimum Gasteiger partial charge on any atom is -0.417 e. The molecule has 6 heteroatoms. The molecule has 0 amide bonds. The summed E-state index contributed by atoms with van der Waals surface area (Å²) < 4.78 is 0. The maximum Gasteiger partial charge on any atom is 0.170 e. The summed E-state index contributed by atoms with van der Waals surface area (Å²) in [6, 6.07) is 20.2. The second-order valence-electron chi connectivity index (χ2n) is 5.56. The van der Waals surface area contributed by atoms with Crippen LogP contribution < -0.4 is 10.5 Å². The van der Waals surface area contributed by atoms with E-state index in [0.717, 1.165) is 40.1 Å². The molecule has 5 nitrogen and oxygen atoms in total. The molecule has 0 bridgehead atoms. The maximum absolute atomic E-state index is 4.77. The zero-order valence-electron chi connectivity index (χ0n) is 13.5. The fourth-order valence-electron chi connectivity index (χ4n) is 2.48. The third-order valence-electron chi connectivity index (χ3n) is 3.88. The summed E-state index contributed by atoms with van der Waals surface area (Å²) in [6.45, 7) is 4.15. The quantitative estimate of drug-likeness (QED) is 0.532. The van der Waals surface area contributed by atoms with Gasteiger partial charge < -0.3 is 4.99 Å². The summed E-state index contributed by atoms with van der Waals surface area (Å²) in [4.78, 5) is 4.69. The number of nitrogens with one attached hydrogen (secondary N) is 1. The average molecular weight is 336 g/mol. The Balaban J connectivity index is 1.69. The number of benzene rings is 2. The first-order valence-corrected chi connectivity index (χ1v) is 8.65. The third kappa shape index (κ3) is 2.70.